The minimum absolute atomic E-state index is 0.465. The number of nitrogens with two attached hydrogens (primary N) is 1. The zero-order valence-electron chi connectivity index (χ0n) is 9.01. The summed E-state index contributed by atoms with van der Waals surface area (Å²) in [5, 5.41) is 0. The van der Waals surface area contributed by atoms with Crippen molar-refractivity contribution >= 4 is 0 Å². The molecule has 2 atom stereocenters. The van der Waals surface area contributed by atoms with Gasteiger partial charge in [0.1, 0.15) is 0 Å². The molecule has 1 rings (SSSR count). The molecule has 0 saturated heterocycles. The molecule has 1 aliphatic rings. The Kier molecular flexibility index (Phi) is 4.20. The first-order chi connectivity index (χ1) is 6.16. The molecule has 2 unspecified atom stereocenters. The van der Waals surface area contributed by atoms with Crippen molar-refractivity contribution < 1.29 is 4.74 Å². The van der Waals surface area contributed by atoms with E-state index in [1.54, 1.807) is 7.11 Å². The van der Waals surface area contributed by atoms with E-state index in [0.717, 1.165) is 6.61 Å². The predicted octanol–water partition coefficient (Wildman–Crippen LogP) is 2.32. The van der Waals surface area contributed by atoms with Gasteiger partial charge in [-0.2, -0.15) is 0 Å². The molecule has 0 heterocycles. The topological polar surface area (TPSA) is 35.2 Å². The summed E-state index contributed by atoms with van der Waals surface area (Å²) in [6.07, 6.45) is 7.57. The van der Waals surface area contributed by atoms with Crippen LogP contribution in [0.4, 0.5) is 0 Å². The minimum Gasteiger partial charge on any atom is -0.385 e. The quantitative estimate of drug-likeness (QED) is 0.667. The van der Waals surface area contributed by atoms with Crippen molar-refractivity contribution in [2.24, 2.45) is 11.1 Å². The Morgan fingerprint density at radius 1 is 1.46 bits per heavy atom. The van der Waals surface area contributed by atoms with Gasteiger partial charge in [-0.3, -0.25) is 0 Å². The SMILES string of the molecule is COCCCCC1(C)CCC(N)C1. The van der Waals surface area contributed by atoms with Gasteiger partial charge in [-0.1, -0.05) is 13.3 Å². The van der Waals surface area contributed by atoms with Crippen LogP contribution in [0.2, 0.25) is 0 Å². The second kappa shape index (κ2) is 4.97. The van der Waals surface area contributed by atoms with Crippen LogP contribution in [0.25, 0.3) is 0 Å². The zero-order valence-corrected chi connectivity index (χ0v) is 9.01. The van der Waals surface area contributed by atoms with E-state index in [1.165, 1.54) is 38.5 Å². The molecule has 0 bridgehead atoms. The second-order valence-electron chi connectivity index (χ2n) is 4.76. The van der Waals surface area contributed by atoms with Crippen LogP contribution in [0.5, 0.6) is 0 Å². The summed E-state index contributed by atoms with van der Waals surface area (Å²) in [5.74, 6) is 0. The second-order valence-corrected chi connectivity index (χ2v) is 4.76. The fourth-order valence-corrected chi connectivity index (χ4v) is 2.40. The van der Waals surface area contributed by atoms with Crippen LogP contribution < -0.4 is 5.73 Å². The van der Waals surface area contributed by atoms with Gasteiger partial charge in [0, 0.05) is 19.8 Å². The zero-order chi connectivity index (χ0) is 9.73. The normalized spacial score (nSPS) is 33.9. The van der Waals surface area contributed by atoms with Gasteiger partial charge >= 0.3 is 0 Å². The summed E-state index contributed by atoms with van der Waals surface area (Å²) < 4.78 is 5.04. The maximum atomic E-state index is 5.92. The third kappa shape index (κ3) is 3.65. The lowest BCUT2D eigenvalue weighted by Crippen LogP contribution is -2.19. The summed E-state index contributed by atoms with van der Waals surface area (Å²) >= 11 is 0. The molecule has 13 heavy (non-hydrogen) atoms. The van der Waals surface area contributed by atoms with E-state index in [4.69, 9.17) is 10.5 Å². The molecular formula is C11H23NO. The van der Waals surface area contributed by atoms with Gasteiger partial charge in [-0.15, -0.1) is 0 Å². The van der Waals surface area contributed by atoms with Gasteiger partial charge in [0.25, 0.3) is 0 Å². The Morgan fingerprint density at radius 2 is 2.23 bits per heavy atom. The van der Waals surface area contributed by atoms with Crippen LogP contribution >= 0.6 is 0 Å². The van der Waals surface area contributed by atoms with Gasteiger partial charge in [-0.25, -0.2) is 0 Å². The average molecular weight is 185 g/mol. The highest BCUT2D eigenvalue weighted by atomic mass is 16.5. The smallest absolute Gasteiger partial charge is 0.0462 e. The highest BCUT2D eigenvalue weighted by Crippen LogP contribution is 2.40. The summed E-state index contributed by atoms with van der Waals surface area (Å²) in [6, 6.07) is 0.465. The molecular weight excluding hydrogens is 162 g/mol. The van der Waals surface area contributed by atoms with Gasteiger partial charge in [0.15, 0.2) is 0 Å². The molecule has 0 aromatic heterocycles. The summed E-state index contributed by atoms with van der Waals surface area (Å²) in [4.78, 5) is 0. The first-order valence-electron chi connectivity index (χ1n) is 5.41. The molecule has 0 aliphatic heterocycles. The Morgan fingerprint density at radius 3 is 2.77 bits per heavy atom. The molecule has 0 spiro atoms. The molecule has 2 N–H and O–H groups in total. The first-order valence-corrected chi connectivity index (χ1v) is 5.41. The van der Waals surface area contributed by atoms with Crippen molar-refractivity contribution in [3.63, 3.8) is 0 Å². The third-order valence-corrected chi connectivity index (χ3v) is 3.25. The van der Waals surface area contributed by atoms with Crippen molar-refractivity contribution in [3.8, 4) is 0 Å². The molecule has 2 heteroatoms. The van der Waals surface area contributed by atoms with E-state index in [9.17, 15) is 0 Å². The van der Waals surface area contributed by atoms with Crippen molar-refractivity contribution in [3.05, 3.63) is 0 Å². The van der Waals surface area contributed by atoms with Crippen LogP contribution in [0, 0.1) is 5.41 Å². The number of rotatable bonds is 5. The summed E-state index contributed by atoms with van der Waals surface area (Å²) in [7, 11) is 1.77. The molecule has 0 aromatic rings. The molecule has 78 valence electrons. The molecule has 2 nitrogen and oxygen atoms in total. The van der Waals surface area contributed by atoms with Crippen LogP contribution in [-0.4, -0.2) is 19.8 Å². The van der Waals surface area contributed by atoms with Crippen LogP contribution in [-0.2, 0) is 4.74 Å². The van der Waals surface area contributed by atoms with E-state index >= 15 is 0 Å². The first kappa shape index (κ1) is 11.0. The molecule has 1 fully saturated rings. The van der Waals surface area contributed by atoms with Crippen molar-refractivity contribution in [2.45, 2.75) is 51.5 Å². The van der Waals surface area contributed by atoms with Gasteiger partial charge < -0.3 is 10.5 Å². The van der Waals surface area contributed by atoms with E-state index in [2.05, 4.69) is 6.92 Å². The number of hydrogen-bond donors (Lipinski definition) is 1. The Balaban J connectivity index is 2.12. The monoisotopic (exact) mass is 185 g/mol. The fourth-order valence-electron chi connectivity index (χ4n) is 2.40. The lowest BCUT2D eigenvalue weighted by molar-refractivity contribution is 0.184. The van der Waals surface area contributed by atoms with Gasteiger partial charge in [-0.05, 0) is 37.5 Å². The van der Waals surface area contributed by atoms with E-state index in [1.807, 2.05) is 0 Å². The minimum atomic E-state index is 0.465. The molecule has 0 radical (unpaired) electrons. The van der Waals surface area contributed by atoms with Gasteiger partial charge in [0.2, 0.25) is 0 Å². The third-order valence-electron chi connectivity index (χ3n) is 3.25. The number of hydrogen-bond acceptors (Lipinski definition) is 2. The number of methoxy groups -OCH3 is 1. The van der Waals surface area contributed by atoms with Crippen LogP contribution in [0.15, 0.2) is 0 Å². The standard InChI is InChI=1S/C11H23NO/c1-11(6-3-4-8-13-2)7-5-10(12)9-11/h10H,3-9,12H2,1-2H3. The molecule has 1 saturated carbocycles. The number of unbranched alkanes of at least 4 members (excludes halogenated alkanes) is 1. The molecule has 1 aliphatic carbocycles. The lowest BCUT2D eigenvalue weighted by atomic mass is 9.83. The highest BCUT2D eigenvalue weighted by molar-refractivity contribution is 4.87. The van der Waals surface area contributed by atoms with E-state index in [0.29, 0.717) is 11.5 Å². The number of ether oxygens (including phenoxy) is 1. The van der Waals surface area contributed by atoms with Gasteiger partial charge in [0.05, 0.1) is 0 Å². The van der Waals surface area contributed by atoms with Crippen molar-refractivity contribution in [2.75, 3.05) is 13.7 Å². The Hall–Kier alpha value is -0.0800. The average Bonchev–Trinajstić information content (AvgIpc) is 2.41. The Labute approximate surface area is 81.8 Å². The van der Waals surface area contributed by atoms with E-state index < -0.39 is 0 Å². The maximum Gasteiger partial charge on any atom is 0.0462 e. The predicted molar refractivity (Wildman–Crippen MR) is 55.7 cm³/mol. The lowest BCUT2D eigenvalue weighted by Gasteiger charge is -2.23. The molecule has 0 aromatic carbocycles. The van der Waals surface area contributed by atoms with E-state index in [-0.39, 0.29) is 0 Å². The largest absolute Gasteiger partial charge is 0.385 e. The maximum absolute atomic E-state index is 5.92. The highest BCUT2D eigenvalue weighted by Gasteiger charge is 2.32. The van der Waals surface area contributed by atoms with Crippen LogP contribution in [0.3, 0.4) is 0 Å². The molecule has 0 amide bonds. The summed E-state index contributed by atoms with van der Waals surface area (Å²) in [6.45, 7) is 3.29. The fraction of sp³-hybridized carbons (Fsp3) is 1.00. The van der Waals surface area contributed by atoms with Crippen LogP contribution in [0.1, 0.15) is 45.4 Å². The van der Waals surface area contributed by atoms with Crippen molar-refractivity contribution in [1.29, 1.82) is 0 Å². The Bertz CT molecular complexity index is 149. The summed E-state index contributed by atoms with van der Waals surface area (Å²) in [5.41, 5.74) is 6.45. The van der Waals surface area contributed by atoms with Crippen molar-refractivity contribution in [1.82, 2.24) is 0 Å².